The van der Waals surface area contributed by atoms with Crippen LogP contribution >= 0.6 is 11.6 Å². The first kappa shape index (κ1) is 17.7. The first-order valence-electron chi connectivity index (χ1n) is 7.39. The molecule has 2 N–H and O–H groups in total. The van der Waals surface area contributed by atoms with Gasteiger partial charge in [-0.05, 0) is 18.2 Å². The molecule has 0 saturated carbocycles. The monoisotopic (exact) mass is 346 g/mol. The Morgan fingerprint density at radius 3 is 2.58 bits per heavy atom. The van der Waals surface area contributed by atoms with E-state index in [9.17, 15) is 9.59 Å². The number of benzene rings is 1. The van der Waals surface area contributed by atoms with Gasteiger partial charge in [-0.1, -0.05) is 29.8 Å². The highest BCUT2D eigenvalue weighted by atomic mass is 35.5. The quantitative estimate of drug-likeness (QED) is 0.837. The Bertz CT molecular complexity index is 734. The zero-order valence-electron chi connectivity index (χ0n) is 13.5. The van der Waals surface area contributed by atoms with Crippen molar-refractivity contribution in [1.82, 2.24) is 15.6 Å². The highest BCUT2D eigenvalue weighted by molar-refractivity contribution is 6.33. The first-order chi connectivity index (χ1) is 11.5. The fraction of sp³-hybridized carbons (Fsp3) is 0.235. The summed E-state index contributed by atoms with van der Waals surface area (Å²) in [4.78, 5) is 30.1. The number of halogens is 1. The molecule has 126 valence electrons. The van der Waals surface area contributed by atoms with Crippen LogP contribution in [0.2, 0.25) is 5.02 Å². The number of pyridine rings is 1. The SMILES string of the molecule is CN(C)c1ncccc1CNC(=O)CNC(=O)c1ccccc1Cl. The Balaban J connectivity index is 1.86. The highest BCUT2D eigenvalue weighted by Crippen LogP contribution is 2.15. The van der Waals surface area contributed by atoms with Crippen LogP contribution in [0.15, 0.2) is 42.6 Å². The van der Waals surface area contributed by atoms with Crippen LogP contribution in [0.4, 0.5) is 5.82 Å². The molecule has 2 aromatic rings. The van der Waals surface area contributed by atoms with E-state index in [1.54, 1.807) is 30.5 Å². The maximum atomic E-state index is 12.0. The van der Waals surface area contributed by atoms with Crippen molar-refractivity contribution in [3.8, 4) is 0 Å². The lowest BCUT2D eigenvalue weighted by atomic mass is 10.2. The summed E-state index contributed by atoms with van der Waals surface area (Å²) in [6, 6.07) is 10.4. The second-order valence-corrected chi connectivity index (χ2v) is 5.73. The van der Waals surface area contributed by atoms with E-state index in [1.165, 1.54) is 0 Å². The lowest BCUT2D eigenvalue weighted by Crippen LogP contribution is -2.37. The minimum absolute atomic E-state index is 0.123. The van der Waals surface area contributed by atoms with Gasteiger partial charge < -0.3 is 15.5 Å². The Morgan fingerprint density at radius 2 is 1.88 bits per heavy atom. The molecule has 0 aliphatic rings. The number of nitrogens with zero attached hydrogens (tertiary/aromatic N) is 2. The smallest absolute Gasteiger partial charge is 0.253 e. The van der Waals surface area contributed by atoms with Crippen LogP contribution in [0.1, 0.15) is 15.9 Å². The number of hydrogen-bond donors (Lipinski definition) is 2. The third kappa shape index (κ3) is 4.70. The second-order valence-electron chi connectivity index (χ2n) is 5.32. The average molecular weight is 347 g/mol. The molecule has 1 heterocycles. The van der Waals surface area contributed by atoms with E-state index in [-0.39, 0.29) is 18.4 Å². The van der Waals surface area contributed by atoms with Gasteiger partial charge in [0.1, 0.15) is 5.82 Å². The molecule has 0 unspecified atom stereocenters. The van der Waals surface area contributed by atoms with Crippen LogP contribution in [0.5, 0.6) is 0 Å². The summed E-state index contributed by atoms with van der Waals surface area (Å²) in [5.74, 6) is 0.118. The summed E-state index contributed by atoms with van der Waals surface area (Å²) in [7, 11) is 3.77. The molecule has 6 nitrogen and oxygen atoms in total. The van der Waals surface area contributed by atoms with E-state index in [2.05, 4.69) is 15.6 Å². The summed E-state index contributed by atoms with van der Waals surface area (Å²) in [5, 5.41) is 5.66. The van der Waals surface area contributed by atoms with Gasteiger partial charge in [-0.15, -0.1) is 0 Å². The number of hydrogen-bond acceptors (Lipinski definition) is 4. The number of nitrogens with one attached hydrogen (secondary N) is 2. The number of carbonyl (C=O) groups is 2. The van der Waals surface area contributed by atoms with Crippen molar-refractivity contribution >= 4 is 29.2 Å². The largest absolute Gasteiger partial charge is 0.362 e. The van der Waals surface area contributed by atoms with Crippen molar-refractivity contribution in [1.29, 1.82) is 0 Å². The van der Waals surface area contributed by atoms with Gasteiger partial charge in [0.05, 0.1) is 17.1 Å². The fourth-order valence-corrected chi connectivity index (χ4v) is 2.35. The molecule has 0 radical (unpaired) electrons. The number of aromatic nitrogens is 1. The molecular weight excluding hydrogens is 328 g/mol. The molecule has 0 bridgehead atoms. The Labute approximate surface area is 145 Å². The Hall–Kier alpha value is -2.60. The van der Waals surface area contributed by atoms with E-state index in [0.29, 0.717) is 17.1 Å². The molecule has 0 fully saturated rings. The standard InChI is InChI=1S/C17H19ClN4O2/c1-22(2)16-12(6-5-9-19-16)10-20-15(23)11-21-17(24)13-7-3-4-8-14(13)18/h3-9H,10-11H2,1-2H3,(H,20,23)(H,21,24). The molecule has 2 amide bonds. The first-order valence-corrected chi connectivity index (χ1v) is 7.77. The van der Waals surface area contributed by atoms with Gasteiger partial charge in [0.2, 0.25) is 5.91 Å². The Kier molecular flexibility index (Phi) is 6.14. The third-order valence-electron chi connectivity index (χ3n) is 3.30. The summed E-state index contributed by atoms with van der Waals surface area (Å²) < 4.78 is 0. The number of amides is 2. The second kappa shape index (κ2) is 8.31. The topological polar surface area (TPSA) is 74.3 Å². The maximum absolute atomic E-state index is 12.0. The van der Waals surface area contributed by atoms with Crippen molar-refractivity contribution in [2.75, 3.05) is 25.5 Å². The summed E-state index contributed by atoms with van der Waals surface area (Å²) in [6.45, 7) is 0.212. The van der Waals surface area contributed by atoms with E-state index in [0.717, 1.165) is 11.4 Å². The predicted molar refractivity (Wildman–Crippen MR) is 94.2 cm³/mol. The lowest BCUT2D eigenvalue weighted by molar-refractivity contribution is -0.120. The molecule has 1 aromatic heterocycles. The zero-order valence-corrected chi connectivity index (χ0v) is 14.3. The van der Waals surface area contributed by atoms with Crippen molar-refractivity contribution in [2.24, 2.45) is 0 Å². The summed E-state index contributed by atoms with van der Waals surface area (Å²) >= 11 is 5.95. The maximum Gasteiger partial charge on any atom is 0.253 e. The number of anilines is 1. The van der Waals surface area contributed by atoms with Crippen LogP contribution in [0, 0.1) is 0 Å². The van der Waals surface area contributed by atoms with Gasteiger partial charge >= 0.3 is 0 Å². The van der Waals surface area contributed by atoms with Gasteiger partial charge in [-0.25, -0.2) is 4.98 Å². The molecule has 24 heavy (non-hydrogen) atoms. The molecule has 0 aliphatic carbocycles. The molecule has 2 rings (SSSR count). The van der Waals surface area contributed by atoms with E-state index in [4.69, 9.17) is 11.6 Å². The van der Waals surface area contributed by atoms with Crippen LogP contribution in [0.25, 0.3) is 0 Å². The van der Waals surface area contributed by atoms with Crippen molar-refractivity contribution in [3.63, 3.8) is 0 Å². The zero-order chi connectivity index (χ0) is 17.5. The predicted octanol–water partition coefficient (Wildman–Crippen LogP) is 1.85. The summed E-state index contributed by atoms with van der Waals surface area (Å²) in [5.41, 5.74) is 1.24. The Morgan fingerprint density at radius 1 is 1.12 bits per heavy atom. The molecular formula is C17H19ClN4O2. The van der Waals surface area contributed by atoms with Gasteiger partial charge in [-0.2, -0.15) is 0 Å². The van der Waals surface area contributed by atoms with Gasteiger partial charge in [-0.3, -0.25) is 9.59 Å². The van der Waals surface area contributed by atoms with Crippen molar-refractivity contribution in [2.45, 2.75) is 6.54 Å². The molecule has 0 saturated heterocycles. The van der Waals surface area contributed by atoms with Crippen molar-refractivity contribution in [3.05, 3.63) is 58.7 Å². The van der Waals surface area contributed by atoms with Crippen molar-refractivity contribution < 1.29 is 9.59 Å². The normalized spacial score (nSPS) is 10.1. The van der Waals surface area contributed by atoms with E-state index >= 15 is 0 Å². The molecule has 7 heteroatoms. The number of carbonyl (C=O) groups excluding carboxylic acids is 2. The van der Waals surface area contributed by atoms with E-state index < -0.39 is 0 Å². The van der Waals surface area contributed by atoms with Crippen LogP contribution < -0.4 is 15.5 Å². The molecule has 0 aliphatic heterocycles. The average Bonchev–Trinajstić information content (AvgIpc) is 2.58. The lowest BCUT2D eigenvalue weighted by Gasteiger charge is -2.16. The minimum Gasteiger partial charge on any atom is -0.362 e. The molecule has 0 spiro atoms. The van der Waals surface area contributed by atoms with Gasteiger partial charge in [0.15, 0.2) is 0 Å². The van der Waals surface area contributed by atoms with Crippen LogP contribution in [-0.4, -0.2) is 37.4 Å². The van der Waals surface area contributed by atoms with Crippen LogP contribution in [0.3, 0.4) is 0 Å². The summed E-state index contributed by atoms with van der Waals surface area (Å²) in [6.07, 6.45) is 1.70. The molecule has 0 atom stereocenters. The van der Waals surface area contributed by atoms with E-state index in [1.807, 2.05) is 31.1 Å². The fourth-order valence-electron chi connectivity index (χ4n) is 2.13. The minimum atomic E-state index is -0.383. The van der Waals surface area contributed by atoms with Gasteiger partial charge in [0, 0.05) is 32.4 Å². The third-order valence-corrected chi connectivity index (χ3v) is 3.62. The number of rotatable bonds is 6. The molecule has 1 aromatic carbocycles. The van der Waals surface area contributed by atoms with Gasteiger partial charge in [0.25, 0.3) is 5.91 Å². The van der Waals surface area contributed by atoms with Crippen LogP contribution in [-0.2, 0) is 11.3 Å². The highest BCUT2D eigenvalue weighted by Gasteiger charge is 2.11.